The summed E-state index contributed by atoms with van der Waals surface area (Å²) in [6, 6.07) is 20.5. The number of carbonyl (C=O) groups is 1. The lowest BCUT2D eigenvalue weighted by atomic mass is 9.85. The topological polar surface area (TPSA) is 50.4 Å². The maximum Gasteiger partial charge on any atom is 0.261 e. The van der Waals surface area contributed by atoms with E-state index >= 15 is 0 Å². The van der Waals surface area contributed by atoms with Gasteiger partial charge in [0, 0.05) is 15.6 Å². The Morgan fingerprint density at radius 2 is 1.37 bits per heavy atom. The quantitative estimate of drug-likeness (QED) is 0.328. The molecule has 0 bridgehead atoms. The van der Waals surface area contributed by atoms with Crippen LogP contribution in [0.25, 0.3) is 0 Å². The van der Waals surface area contributed by atoms with Crippen LogP contribution < -0.4 is 15.4 Å². The first-order chi connectivity index (χ1) is 16.5. The summed E-state index contributed by atoms with van der Waals surface area (Å²) in [6.07, 6.45) is 0. The van der Waals surface area contributed by atoms with Crippen molar-refractivity contribution in [2.45, 2.75) is 50.9 Å². The molecule has 0 spiro atoms. The molecule has 2 N–H and O–H groups in total. The molecule has 4 nitrogen and oxygen atoms in total. The van der Waals surface area contributed by atoms with Crippen molar-refractivity contribution < 1.29 is 9.53 Å². The van der Waals surface area contributed by atoms with Gasteiger partial charge in [-0.15, -0.1) is 0 Å². The molecule has 1 fully saturated rings. The van der Waals surface area contributed by atoms with Gasteiger partial charge in [0.1, 0.15) is 5.75 Å². The number of nitrogens with one attached hydrogen (secondary N) is 2. The summed E-state index contributed by atoms with van der Waals surface area (Å²) in [5.41, 5.74) is 2.20. The lowest BCUT2D eigenvalue weighted by Gasteiger charge is -2.30. The maximum absolute atomic E-state index is 13.2. The van der Waals surface area contributed by atoms with Gasteiger partial charge in [0.25, 0.3) is 5.24 Å². The number of benzene rings is 3. The van der Waals surface area contributed by atoms with E-state index in [1.165, 1.54) is 0 Å². The van der Waals surface area contributed by atoms with Gasteiger partial charge in [-0.25, -0.2) is 0 Å². The largest absolute Gasteiger partial charge is 0.493 e. The fourth-order valence-electron chi connectivity index (χ4n) is 4.52. The van der Waals surface area contributed by atoms with E-state index in [1.807, 2.05) is 73.7 Å². The van der Waals surface area contributed by atoms with E-state index in [1.54, 1.807) is 0 Å². The van der Waals surface area contributed by atoms with E-state index in [0.717, 1.165) is 16.7 Å². The Labute approximate surface area is 221 Å². The predicted octanol–water partition coefficient (Wildman–Crippen LogP) is 7.28. The Morgan fingerprint density at radius 1 is 0.886 bits per heavy atom. The van der Waals surface area contributed by atoms with E-state index in [2.05, 4.69) is 31.4 Å². The molecule has 3 aromatic carbocycles. The predicted molar refractivity (Wildman–Crippen MR) is 144 cm³/mol. The molecular weight excluding hydrogens is 503 g/mol. The van der Waals surface area contributed by atoms with Gasteiger partial charge in [-0.2, -0.15) is 0 Å². The molecule has 0 amide bonds. The minimum absolute atomic E-state index is 0.0866. The molecule has 3 aromatic rings. The third-order valence-electron chi connectivity index (χ3n) is 6.38. The molecular formula is C28H29Cl3N2O2. The summed E-state index contributed by atoms with van der Waals surface area (Å²) in [5.74, 6) is 0.612. The zero-order valence-corrected chi connectivity index (χ0v) is 22.4. The van der Waals surface area contributed by atoms with E-state index in [9.17, 15) is 4.79 Å². The normalized spacial score (nSPS) is 22.3. The fourth-order valence-corrected chi connectivity index (χ4v) is 4.98. The van der Waals surface area contributed by atoms with Crippen molar-refractivity contribution in [1.82, 2.24) is 10.6 Å². The minimum atomic E-state index is -1.38. The van der Waals surface area contributed by atoms with E-state index < -0.39 is 10.9 Å². The summed E-state index contributed by atoms with van der Waals surface area (Å²) < 4.78 is 6.05. The lowest BCUT2D eigenvalue weighted by molar-refractivity contribution is -0.118. The number of ether oxygens (including phenoxy) is 1. The van der Waals surface area contributed by atoms with Gasteiger partial charge in [0.15, 0.2) is 5.66 Å². The first kappa shape index (κ1) is 26.0. The standard InChI is InChI=1S/C28H29Cl3N2O2/c1-5-35-23-16-19(27(2,3)4)10-15-22(23)28(26(31)34)32-24(17-6-11-20(29)12-7-17)25(33-28)18-8-13-21(30)14-9-18/h6-16,24-25,32-33H,5H2,1-4H3/t24-,25+,28?. The molecule has 1 saturated heterocycles. The monoisotopic (exact) mass is 530 g/mol. The highest BCUT2D eigenvalue weighted by Crippen LogP contribution is 2.45. The van der Waals surface area contributed by atoms with Crippen molar-refractivity contribution in [2.75, 3.05) is 6.61 Å². The molecule has 3 atom stereocenters. The molecule has 0 aromatic heterocycles. The lowest BCUT2D eigenvalue weighted by Crippen LogP contribution is -2.51. The van der Waals surface area contributed by atoms with Crippen LogP contribution in [0, 0.1) is 0 Å². The second kappa shape index (κ2) is 10.1. The Kier molecular flexibility index (Phi) is 7.51. The molecule has 4 rings (SSSR count). The van der Waals surface area contributed by atoms with Crippen molar-refractivity contribution in [3.8, 4) is 5.75 Å². The highest BCUT2D eigenvalue weighted by molar-refractivity contribution is 6.65. The van der Waals surface area contributed by atoms with Crippen molar-refractivity contribution >= 4 is 40.0 Å². The summed E-state index contributed by atoms with van der Waals surface area (Å²) in [7, 11) is 0. The van der Waals surface area contributed by atoms with Gasteiger partial charge >= 0.3 is 0 Å². The molecule has 184 valence electrons. The Hall–Kier alpha value is -2.08. The van der Waals surface area contributed by atoms with Crippen molar-refractivity contribution in [3.05, 3.63) is 99.0 Å². The smallest absolute Gasteiger partial charge is 0.261 e. The SMILES string of the molecule is CCOc1cc(C(C)(C)C)ccc1C1(C(=O)Cl)N[C@H](c2ccc(Cl)cc2)[C@H](c2ccc(Cl)cc2)N1. The number of hydrogen-bond acceptors (Lipinski definition) is 4. The average Bonchev–Trinajstić information content (AvgIpc) is 3.22. The Bertz CT molecular complexity index is 1150. The highest BCUT2D eigenvalue weighted by atomic mass is 35.5. The number of hydrogen-bond donors (Lipinski definition) is 2. The molecule has 0 saturated carbocycles. The third-order valence-corrected chi connectivity index (χ3v) is 7.17. The van der Waals surface area contributed by atoms with Crippen LogP contribution in [0.2, 0.25) is 10.0 Å². The molecule has 0 radical (unpaired) electrons. The van der Waals surface area contributed by atoms with Crippen LogP contribution in [0.1, 0.15) is 62.0 Å². The van der Waals surface area contributed by atoms with E-state index in [4.69, 9.17) is 39.5 Å². The second-order valence-corrected chi connectivity index (χ2v) is 11.0. The summed E-state index contributed by atoms with van der Waals surface area (Å²) in [4.78, 5) is 13.2. The van der Waals surface area contributed by atoms with Gasteiger partial charge in [0.2, 0.25) is 0 Å². The first-order valence-corrected chi connectivity index (χ1v) is 12.7. The Balaban J connectivity index is 1.88. The fraction of sp³-hybridized carbons (Fsp3) is 0.321. The van der Waals surface area contributed by atoms with Crippen LogP contribution in [-0.2, 0) is 15.9 Å². The second-order valence-electron chi connectivity index (χ2n) is 9.76. The molecule has 1 unspecified atom stereocenters. The van der Waals surface area contributed by atoms with Crippen LogP contribution in [0.4, 0.5) is 0 Å². The number of halogens is 3. The first-order valence-electron chi connectivity index (χ1n) is 11.6. The molecule has 35 heavy (non-hydrogen) atoms. The molecule has 1 heterocycles. The summed E-state index contributed by atoms with van der Waals surface area (Å²) in [5, 5.41) is 7.76. The zero-order valence-electron chi connectivity index (χ0n) is 20.2. The Morgan fingerprint density at radius 3 is 1.77 bits per heavy atom. The van der Waals surface area contributed by atoms with Crippen LogP contribution in [0.5, 0.6) is 5.75 Å². The van der Waals surface area contributed by atoms with E-state index in [-0.39, 0.29) is 17.5 Å². The molecule has 7 heteroatoms. The van der Waals surface area contributed by atoms with Gasteiger partial charge in [-0.1, -0.05) is 80.4 Å². The minimum Gasteiger partial charge on any atom is -0.493 e. The average molecular weight is 532 g/mol. The van der Waals surface area contributed by atoms with Crippen molar-refractivity contribution in [2.24, 2.45) is 0 Å². The summed E-state index contributed by atoms with van der Waals surface area (Å²) in [6.45, 7) is 8.79. The third kappa shape index (κ3) is 5.23. The van der Waals surface area contributed by atoms with Crippen molar-refractivity contribution in [3.63, 3.8) is 0 Å². The van der Waals surface area contributed by atoms with Crippen LogP contribution >= 0.6 is 34.8 Å². The van der Waals surface area contributed by atoms with Crippen LogP contribution in [0.3, 0.4) is 0 Å². The van der Waals surface area contributed by atoms with Crippen LogP contribution in [-0.4, -0.2) is 11.8 Å². The number of carbonyl (C=O) groups excluding carboxylic acids is 1. The van der Waals surface area contributed by atoms with Gasteiger partial charge in [-0.05, 0) is 71.0 Å². The van der Waals surface area contributed by atoms with E-state index in [0.29, 0.717) is 28.0 Å². The number of rotatable bonds is 6. The van der Waals surface area contributed by atoms with Gasteiger partial charge in [0.05, 0.1) is 18.7 Å². The van der Waals surface area contributed by atoms with Crippen molar-refractivity contribution in [1.29, 1.82) is 0 Å². The van der Waals surface area contributed by atoms with Crippen LogP contribution in [0.15, 0.2) is 66.7 Å². The summed E-state index contributed by atoms with van der Waals surface area (Å²) >= 11 is 18.7. The molecule has 1 aliphatic heterocycles. The molecule has 1 aliphatic rings. The zero-order chi connectivity index (χ0) is 25.4. The molecule has 0 aliphatic carbocycles. The van der Waals surface area contributed by atoms with Gasteiger partial charge in [-0.3, -0.25) is 15.4 Å². The highest BCUT2D eigenvalue weighted by Gasteiger charge is 2.52. The maximum atomic E-state index is 13.2. The van der Waals surface area contributed by atoms with Gasteiger partial charge < -0.3 is 4.74 Å².